The molecule has 6 nitrogen and oxygen atoms in total. The Hall–Kier alpha value is -2.04. The van der Waals surface area contributed by atoms with Crippen LogP contribution in [0.15, 0.2) is 12.1 Å². The summed E-state index contributed by atoms with van der Waals surface area (Å²) in [6.07, 6.45) is -4.62. The van der Waals surface area contributed by atoms with E-state index in [1.54, 1.807) is 0 Å². The minimum atomic E-state index is -4.62. The molecule has 2 rings (SSSR count). The van der Waals surface area contributed by atoms with Crippen LogP contribution in [0.4, 0.5) is 17.6 Å². The number of aromatic nitrogens is 2. The molecule has 0 fully saturated rings. The summed E-state index contributed by atoms with van der Waals surface area (Å²) in [7, 11) is 2.55. The molecule has 0 saturated heterocycles. The van der Waals surface area contributed by atoms with Crippen molar-refractivity contribution in [3.63, 3.8) is 0 Å². The van der Waals surface area contributed by atoms with Crippen molar-refractivity contribution in [2.45, 2.75) is 26.1 Å². The van der Waals surface area contributed by atoms with Crippen LogP contribution in [-0.2, 0) is 18.1 Å². The van der Waals surface area contributed by atoms with E-state index in [1.807, 2.05) is 0 Å². The number of alkyl halides is 3. The van der Waals surface area contributed by atoms with Crippen LogP contribution < -0.4 is 4.74 Å². The Labute approximate surface area is 173 Å². The molecular weight excluding hydrogens is 441 g/mol. The fraction of sp³-hybridized carbons (Fsp3) is 0.412. The van der Waals surface area contributed by atoms with E-state index in [-0.39, 0.29) is 33.7 Å². The summed E-state index contributed by atoms with van der Waals surface area (Å²) in [6, 6.07) is 0.586. The van der Waals surface area contributed by atoms with Crippen molar-refractivity contribution < 1.29 is 31.9 Å². The largest absolute Gasteiger partial charge is 0.488 e. The Bertz CT molecular complexity index is 895. The fourth-order valence-electron chi connectivity index (χ4n) is 2.58. The number of ether oxygens (including phenoxy) is 1. The van der Waals surface area contributed by atoms with Gasteiger partial charge in [-0.2, -0.15) is 22.7 Å². The van der Waals surface area contributed by atoms with Gasteiger partial charge in [0, 0.05) is 7.05 Å². The lowest BCUT2D eigenvalue weighted by Gasteiger charge is -2.26. The number of hydroxylamine groups is 2. The minimum absolute atomic E-state index is 0.166. The highest BCUT2D eigenvalue weighted by Crippen LogP contribution is 2.40. The molecule has 2 aromatic rings. The molecule has 29 heavy (non-hydrogen) atoms. The molecule has 0 aliphatic heterocycles. The van der Waals surface area contributed by atoms with Gasteiger partial charge in [0.1, 0.15) is 12.2 Å². The van der Waals surface area contributed by atoms with Gasteiger partial charge in [-0.15, -0.1) is 0 Å². The molecule has 12 heteroatoms. The molecule has 1 unspecified atom stereocenters. The molecule has 0 spiro atoms. The van der Waals surface area contributed by atoms with E-state index in [0.29, 0.717) is 12.1 Å². The molecule has 1 amide bonds. The molecule has 1 heterocycles. The Kier molecular flexibility index (Phi) is 7.02. The maximum absolute atomic E-state index is 14.2. The molecule has 1 aromatic heterocycles. The summed E-state index contributed by atoms with van der Waals surface area (Å²) >= 11 is 11.7. The van der Waals surface area contributed by atoms with E-state index < -0.39 is 29.6 Å². The van der Waals surface area contributed by atoms with E-state index in [2.05, 4.69) is 5.10 Å². The number of halogens is 6. The monoisotopic (exact) mass is 457 g/mol. The molecule has 0 N–H and O–H groups in total. The van der Waals surface area contributed by atoms with Gasteiger partial charge in [-0.25, -0.2) is 9.75 Å². The number of carbonyl (C=O) groups is 1. The number of rotatable bonds is 6. The van der Waals surface area contributed by atoms with Gasteiger partial charge in [-0.1, -0.05) is 23.2 Å². The predicted octanol–water partition coefficient (Wildman–Crippen LogP) is 4.66. The molecule has 0 radical (unpaired) electrons. The van der Waals surface area contributed by atoms with E-state index in [9.17, 15) is 22.4 Å². The summed E-state index contributed by atoms with van der Waals surface area (Å²) in [5, 5.41) is 4.00. The summed E-state index contributed by atoms with van der Waals surface area (Å²) in [4.78, 5) is 17.7. The van der Waals surface area contributed by atoms with Gasteiger partial charge in [-0.3, -0.25) is 9.63 Å². The third-order valence-electron chi connectivity index (χ3n) is 3.96. The smallest absolute Gasteiger partial charge is 0.416 e. The summed E-state index contributed by atoms with van der Waals surface area (Å²) in [5.41, 5.74) is -1.13. The van der Waals surface area contributed by atoms with E-state index >= 15 is 0 Å². The molecule has 0 bridgehead atoms. The van der Waals surface area contributed by atoms with Crippen LogP contribution >= 0.6 is 23.2 Å². The van der Waals surface area contributed by atoms with Crippen LogP contribution in [0.3, 0.4) is 0 Å². The van der Waals surface area contributed by atoms with Crippen molar-refractivity contribution in [3.8, 4) is 5.75 Å². The Morgan fingerprint density at radius 2 is 1.86 bits per heavy atom. The number of carbonyl (C=O) groups excluding carboxylic acids is 1. The van der Waals surface area contributed by atoms with Gasteiger partial charge in [0.05, 0.1) is 34.5 Å². The molecule has 160 valence electrons. The predicted molar refractivity (Wildman–Crippen MR) is 97.5 cm³/mol. The van der Waals surface area contributed by atoms with Crippen molar-refractivity contribution in [2.24, 2.45) is 7.05 Å². The summed E-state index contributed by atoms with van der Waals surface area (Å²) in [5.74, 6) is -1.81. The second kappa shape index (κ2) is 8.76. The SMILES string of the molecule is CON(C(=O)c1c(C)nn(C)c1F)C(C)COc1c(Cl)cc(C(F)(F)F)cc1Cl. The first kappa shape index (κ1) is 23.2. The number of hydrogen-bond acceptors (Lipinski definition) is 4. The van der Waals surface area contributed by atoms with E-state index in [1.165, 1.54) is 28.0 Å². The lowest BCUT2D eigenvalue weighted by Crippen LogP contribution is -2.41. The van der Waals surface area contributed by atoms with Crippen LogP contribution in [0.5, 0.6) is 5.75 Å². The van der Waals surface area contributed by atoms with Crippen LogP contribution in [0, 0.1) is 12.9 Å². The first-order chi connectivity index (χ1) is 13.4. The highest BCUT2D eigenvalue weighted by atomic mass is 35.5. The topological polar surface area (TPSA) is 56.6 Å². The average molecular weight is 458 g/mol. The van der Waals surface area contributed by atoms with Crippen molar-refractivity contribution in [3.05, 3.63) is 44.9 Å². The maximum Gasteiger partial charge on any atom is 0.416 e. The number of hydrogen-bond donors (Lipinski definition) is 0. The number of nitrogens with zero attached hydrogens (tertiary/aromatic N) is 3. The second-order valence-electron chi connectivity index (χ2n) is 6.12. The third-order valence-corrected chi connectivity index (χ3v) is 4.52. The van der Waals surface area contributed by atoms with Gasteiger partial charge in [-0.05, 0) is 26.0 Å². The average Bonchev–Trinajstić information content (AvgIpc) is 2.85. The lowest BCUT2D eigenvalue weighted by molar-refractivity contribution is -0.137. The first-order valence-corrected chi connectivity index (χ1v) is 8.89. The number of aryl methyl sites for hydroxylation is 2. The molecule has 0 saturated carbocycles. The van der Waals surface area contributed by atoms with Crippen LogP contribution in [-0.4, -0.2) is 40.5 Å². The lowest BCUT2D eigenvalue weighted by atomic mass is 10.2. The van der Waals surface area contributed by atoms with Crippen LogP contribution in [0.1, 0.15) is 28.5 Å². The summed E-state index contributed by atoms with van der Waals surface area (Å²) < 4.78 is 58.9. The van der Waals surface area contributed by atoms with Gasteiger partial charge in [0.2, 0.25) is 5.95 Å². The maximum atomic E-state index is 14.2. The highest BCUT2D eigenvalue weighted by molar-refractivity contribution is 6.37. The quantitative estimate of drug-likeness (QED) is 0.467. The minimum Gasteiger partial charge on any atom is -0.488 e. The standard InChI is InChI=1S/C17H17Cl2F4N3O3/c1-8(26(28-4)16(27)13-9(2)24-25(3)15(13)20)7-29-14-11(18)5-10(6-12(14)19)17(21,22)23/h5-6,8H,7H2,1-4H3. The number of amides is 1. The molecule has 1 atom stereocenters. The highest BCUT2D eigenvalue weighted by Gasteiger charge is 2.33. The van der Waals surface area contributed by atoms with Crippen LogP contribution in [0.2, 0.25) is 10.0 Å². The Morgan fingerprint density at radius 3 is 2.28 bits per heavy atom. The third kappa shape index (κ3) is 4.93. The number of benzene rings is 1. The normalized spacial score (nSPS) is 12.8. The zero-order valence-corrected chi connectivity index (χ0v) is 17.3. The molecule has 0 aliphatic carbocycles. The van der Waals surface area contributed by atoms with Gasteiger partial charge >= 0.3 is 6.18 Å². The van der Waals surface area contributed by atoms with Crippen molar-refractivity contribution >= 4 is 29.1 Å². The Balaban J connectivity index is 2.19. The molecule has 1 aromatic carbocycles. The Morgan fingerprint density at radius 1 is 1.31 bits per heavy atom. The molecule has 0 aliphatic rings. The van der Waals surface area contributed by atoms with E-state index in [4.69, 9.17) is 32.8 Å². The van der Waals surface area contributed by atoms with Gasteiger partial charge < -0.3 is 4.74 Å². The first-order valence-electron chi connectivity index (χ1n) is 8.14. The zero-order valence-electron chi connectivity index (χ0n) is 15.8. The van der Waals surface area contributed by atoms with Crippen molar-refractivity contribution in [1.29, 1.82) is 0 Å². The van der Waals surface area contributed by atoms with Crippen molar-refractivity contribution in [2.75, 3.05) is 13.7 Å². The van der Waals surface area contributed by atoms with Gasteiger partial charge in [0.15, 0.2) is 5.75 Å². The van der Waals surface area contributed by atoms with Crippen LogP contribution in [0.25, 0.3) is 0 Å². The summed E-state index contributed by atoms with van der Waals surface area (Å²) in [6.45, 7) is 2.75. The second-order valence-corrected chi connectivity index (χ2v) is 6.93. The van der Waals surface area contributed by atoms with Crippen molar-refractivity contribution in [1.82, 2.24) is 14.8 Å². The van der Waals surface area contributed by atoms with Gasteiger partial charge in [0.25, 0.3) is 5.91 Å². The van der Waals surface area contributed by atoms with E-state index in [0.717, 1.165) is 9.75 Å². The zero-order chi connectivity index (χ0) is 22.1. The molecular formula is C17H17Cl2F4N3O3. The fourth-order valence-corrected chi connectivity index (χ4v) is 3.18.